The van der Waals surface area contributed by atoms with E-state index < -0.39 is 60.2 Å². The molecule has 288 valence electrons. The summed E-state index contributed by atoms with van der Waals surface area (Å²) in [7, 11) is -7.37. The molecule has 2 aromatic carbocycles. The molecule has 0 aliphatic heterocycles. The summed E-state index contributed by atoms with van der Waals surface area (Å²) in [4.78, 5) is 31.8. The van der Waals surface area contributed by atoms with Crippen LogP contribution in [0.15, 0.2) is 36.4 Å². The molecule has 0 amide bonds. The molecule has 2 aromatic heterocycles. The first-order valence-corrected chi connectivity index (χ1v) is 27.6. The number of ether oxygens (including phenoxy) is 2. The number of hydrogen-bond donors (Lipinski definition) is 2. The van der Waals surface area contributed by atoms with E-state index in [2.05, 4.69) is 58.7 Å². The van der Waals surface area contributed by atoms with Crippen molar-refractivity contribution in [1.82, 2.24) is 17.9 Å². The molecule has 18 heteroatoms. The molecule has 2 atom stereocenters. The Hall–Kier alpha value is -3.43. The summed E-state index contributed by atoms with van der Waals surface area (Å²) in [6.45, 7) is 16.3. The molecule has 0 bridgehead atoms. The first-order valence-electron chi connectivity index (χ1n) is 17.0. The highest BCUT2D eigenvalue weighted by atomic mass is 32.2. The van der Waals surface area contributed by atoms with Crippen LogP contribution in [0.3, 0.4) is 0 Å². The third-order valence-corrected chi connectivity index (χ3v) is 16.1. The lowest BCUT2D eigenvalue weighted by molar-refractivity contribution is -0.142. The molecule has 4 N–H and O–H groups in total. The lowest BCUT2D eigenvalue weighted by Crippen LogP contribution is -2.33. The number of rotatable bonds is 14. The molecular formula is C34H54N6O8S2Si2. The Morgan fingerprint density at radius 1 is 0.673 bits per heavy atom. The van der Waals surface area contributed by atoms with Gasteiger partial charge in [0.2, 0.25) is 20.0 Å². The molecule has 0 saturated heterocycles. The van der Waals surface area contributed by atoms with Gasteiger partial charge in [-0.3, -0.25) is 9.59 Å². The smallest absolute Gasteiger partial charge is 0.322 e. The molecule has 0 radical (unpaired) electrons. The minimum absolute atomic E-state index is 0.0981. The highest BCUT2D eigenvalue weighted by Gasteiger charge is 2.26. The van der Waals surface area contributed by atoms with E-state index in [9.17, 15) is 26.4 Å². The molecule has 0 aliphatic carbocycles. The van der Waals surface area contributed by atoms with Gasteiger partial charge in [0.1, 0.15) is 23.7 Å². The predicted molar refractivity (Wildman–Crippen MR) is 211 cm³/mol. The normalized spacial score (nSPS) is 13.8. The van der Waals surface area contributed by atoms with Crippen molar-refractivity contribution in [3.63, 3.8) is 0 Å². The third kappa shape index (κ3) is 11.3. The van der Waals surface area contributed by atoms with E-state index in [0.717, 1.165) is 11.1 Å². The summed E-state index contributed by atoms with van der Waals surface area (Å²) < 4.78 is 63.4. The van der Waals surface area contributed by atoms with Gasteiger partial charge in [-0.1, -0.05) is 51.4 Å². The number of nitrogens with zero attached hydrogens (tertiary/aromatic N) is 4. The van der Waals surface area contributed by atoms with Gasteiger partial charge < -0.3 is 20.9 Å². The number of fused-ring (bicyclic) bond motifs is 2. The lowest BCUT2D eigenvalue weighted by atomic mass is 10.1. The van der Waals surface area contributed by atoms with E-state index in [-0.39, 0.29) is 17.9 Å². The van der Waals surface area contributed by atoms with Crippen LogP contribution in [-0.2, 0) is 52.0 Å². The Labute approximate surface area is 309 Å². The second kappa shape index (κ2) is 16.7. The number of aryl methyl sites for hydroxylation is 2. The number of carbonyl (C=O) groups is 2. The zero-order valence-electron chi connectivity index (χ0n) is 31.9. The van der Waals surface area contributed by atoms with Gasteiger partial charge in [-0.25, -0.2) is 34.7 Å². The van der Waals surface area contributed by atoms with Crippen LogP contribution in [0.1, 0.15) is 22.8 Å². The van der Waals surface area contributed by atoms with Crippen molar-refractivity contribution < 1.29 is 35.9 Å². The topological polar surface area (TPSA) is 209 Å². The standard InChI is InChI=1S/2C17H27N3O4SSi/c1-12-19-15-11-13(10-14(18)17(21)24-2)6-7-16(15)20(12)25(22,23)8-9-26(3,4)5;1-12-19-15-7-6-13(10-14(18)17(21)24-2)11-16(15)20(12)25(22,23)8-9-26(3,4)5/h2*6-7,11,14H,8-10,18H2,1-5H3/t2*14-/m11/s1. The maximum atomic E-state index is 12.9. The predicted octanol–water partition coefficient (Wildman–Crippen LogP) is 3.81. The molecule has 0 fully saturated rings. The molecule has 0 unspecified atom stereocenters. The average Bonchev–Trinajstić information content (AvgIpc) is 3.56. The molecule has 0 saturated carbocycles. The molecule has 0 aliphatic rings. The Morgan fingerprint density at radius 2 is 1.08 bits per heavy atom. The number of aromatic nitrogens is 4. The lowest BCUT2D eigenvalue weighted by Gasteiger charge is -2.16. The third-order valence-electron chi connectivity index (χ3n) is 8.37. The number of methoxy groups -OCH3 is 2. The van der Waals surface area contributed by atoms with Crippen LogP contribution in [-0.4, -0.2) is 101 Å². The van der Waals surface area contributed by atoms with Gasteiger partial charge in [0, 0.05) is 16.1 Å². The van der Waals surface area contributed by atoms with Crippen molar-refractivity contribution in [1.29, 1.82) is 0 Å². The zero-order chi connectivity index (χ0) is 39.4. The summed E-state index contributed by atoms with van der Waals surface area (Å²) in [5.74, 6) is 0.0959. The van der Waals surface area contributed by atoms with Crippen LogP contribution in [0.2, 0.25) is 51.4 Å². The SMILES string of the molecule is COC(=O)[C@H](N)Cc1ccc2c(c1)nc(C)n2S(=O)(=O)CC[Si](C)(C)C.COC(=O)[C@H](N)Cc1ccc2nc(C)n(S(=O)(=O)CC[Si](C)(C)C)c2c1. The number of hydrogen-bond acceptors (Lipinski definition) is 12. The molecule has 4 aromatic rings. The van der Waals surface area contributed by atoms with E-state index in [0.29, 0.717) is 52.2 Å². The van der Waals surface area contributed by atoms with E-state index in [1.165, 1.54) is 22.2 Å². The number of benzene rings is 2. The summed E-state index contributed by atoms with van der Waals surface area (Å²) in [5, 5.41) is 0. The van der Waals surface area contributed by atoms with Gasteiger partial charge in [0.05, 0.1) is 47.8 Å². The largest absolute Gasteiger partial charge is 0.468 e. The van der Waals surface area contributed by atoms with Crippen LogP contribution in [0, 0.1) is 13.8 Å². The van der Waals surface area contributed by atoms with Crippen LogP contribution >= 0.6 is 0 Å². The Balaban J connectivity index is 0.000000280. The summed E-state index contributed by atoms with van der Waals surface area (Å²) in [5.41, 5.74) is 15.4. The van der Waals surface area contributed by atoms with Crippen LogP contribution < -0.4 is 11.5 Å². The summed E-state index contributed by atoms with van der Waals surface area (Å²) >= 11 is 0. The maximum Gasteiger partial charge on any atom is 0.322 e. The van der Waals surface area contributed by atoms with Crippen molar-refractivity contribution in [3.05, 3.63) is 59.2 Å². The molecule has 2 heterocycles. The molecule has 14 nitrogen and oxygen atoms in total. The average molecular weight is 795 g/mol. The van der Waals surface area contributed by atoms with Crippen LogP contribution in [0.25, 0.3) is 22.1 Å². The van der Waals surface area contributed by atoms with Crippen molar-refractivity contribution >= 4 is 70.2 Å². The van der Waals surface area contributed by atoms with Crippen molar-refractivity contribution in [3.8, 4) is 0 Å². The maximum absolute atomic E-state index is 12.9. The van der Waals surface area contributed by atoms with Crippen molar-refractivity contribution in [2.75, 3.05) is 25.7 Å². The van der Waals surface area contributed by atoms with E-state index in [4.69, 9.17) is 11.5 Å². The molecule has 0 spiro atoms. The fraction of sp³-hybridized carbons (Fsp3) is 0.529. The fourth-order valence-corrected chi connectivity index (χ4v) is 14.5. The summed E-state index contributed by atoms with van der Waals surface area (Å²) in [6, 6.07) is 10.4. The number of esters is 2. The number of carbonyl (C=O) groups excluding carboxylic acids is 2. The Kier molecular flexibility index (Phi) is 13.8. The first kappa shape index (κ1) is 43.0. The first-order chi connectivity index (χ1) is 23.9. The summed E-state index contributed by atoms with van der Waals surface area (Å²) in [6.07, 6.45) is 0.568. The van der Waals surface area contributed by atoms with Crippen LogP contribution in [0.4, 0.5) is 0 Å². The van der Waals surface area contributed by atoms with E-state index in [1.807, 2.05) is 0 Å². The molecule has 52 heavy (non-hydrogen) atoms. The van der Waals surface area contributed by atoms with Crippen molar-refractivity contribution in [2.24, 2.45) is 11.5 Å². The van der Waals surface area contributed by atoms with Gasteiger partial charge >= 0.3 is 11.9 Å². The van der Waals surface area contributed by atoms with Gasteiger partial charge in [-0.2, -0.15) is 0 Å². The zero-order valence-corrected chi connectivity index (χ0v) is 35.5. The van der Waals surface area contributed by atoms with Crippen LogP contribution in [0.5, 0.6) is 0 Å². The van der Waals surface area contributed by atoms with Crippen molar-refractivity contribution in [2.45, 2.75) is 90.1 Å². The molecule has 4 rings (SSSR count). The van der Waals surface area contributed by atoms with Gasteiger partial charge in [0.25, 0.3) is 0 Å². The minimum Gasteiger partial charge on any atom is -0.468 e. The molecular weight excluding hydrogens is 741 g/mol. The fourth-order valence-electron chi connectivity index (χ4n) is 5.43. The second-order valence-electron chi connectivity index (χ2n) is 15.4. The number of imidazole rings is 2. The Bertz CT molecular complexity index is 2140. The highest BCUT2D eigenvalue weighted by molar-refractivity contribution is 7.90. The van der Waals surface area contributed by atoms with Gasteiger partial charge in [0.15, 0.2) is 0 Å². The monoisotopic (exact) mass is 794 g/mol. The second-order valence-corrected chi connectivity index (χ2v) is 30.5. The van der Waals surface area contributed by atoms with Gasteiger partial charge in [-0.05, 0) is 74.2 Å². The van der Waals surface area contributed by atoms with Gasteiger partial charge in [-0.15, -0.1) is 0 Å². The van der Waals surface area contributed by atoms with E-state index >= 15 is 0 Å². The number of nitrogens with two attached hydrogens (primary N) is 2. The Morgan fingerprint density at radius 3 is 1.52 bits per heavy atom. The highest BCUT2D eigenvalue weighted by Crippen LogP contribution is 2.24. The quantitative estimate of drug-likeness (QED) is 0.138. The minimum atomic E-state index is -3.51. The van der Waals surface area contributed by atoms with E-state index in [1.54, 1.807) is 50.2 Å².